The maximum Gasteiger partial charge on any atom is 0.257 e. The quantitative estimate of drug-likeness (QED) is 0.598. The van der Waals surface area contributed by atoms with Crippen LogP contribution in [-0.2, 0) is 21.3 Å². The molecule has 2 aromatic heterocycles. The number of pyridine rings is 1. The Kier molecular flexibility index (Phi) is 6.72. The van der Waals surface area contributed by atoms with Gasteiger partial charge in [0, 0.05) is 51.6 Å². The molecule has 7 heteroatoms. The summed E-state index contributed by atoms with van der Waals surface area (Å²) in [5.41, 5.74) is 4.81. The highest BCUT2D eigenvalue weighted by atomic mass is 32.2. The van der Waals surface area contributed by atoms with Crippen LogP contribution in [0.5, 0.6) is 0 Å². The van der Waals surface area contributed by atoms with Crippen molar-refractivity contribution in [1.82, 2.24) is 4.98 Å². The highest BCUT2D eigenvalue weighted by Gasteiger charge is 2.20. The summed E-state index contributed by atoms with van der Waals surface area (Å²) < 4.78 is 18.0. The van der Waals surface area contributed by atoms with Gasteiger partial charge in [-0.15, -0.1) is 0 Å². The molecular formula is C23H24N2O3S2. The van der Waals surface area contributed by atoms with Crippen LogP contribution in [0.15, 0.2) is 53.2 Å². The molecule has 1 aliphatic rings. The zero-order valence-electron chi connectivity index (χ0n) is 16.8. The average molecular weight is 441 g/mol. The van der Waals surface area contributed by atoms with Crippen LogP contribution in [-0.4, -0.2) is 33.6 Å². The molecule has 30 heavy (non-hydrogen) atoms. The number of benzene rings is 1. The number of aromatic nitrogens is 1. The van der Waals surface area contributed by atoms with Crippen molar-refractivity contribution >= 4 is 33.7 Å². The number of carbonyl (C=O) groups excluding carboxylic acids is 1. The number of aryl methyl sites for hydroxylation is 1. The van der Waals surface area contributed by atoms with Crippen molar-refractivity contribution in [2.75, 3.05) is 18.5 Å². The monoisotopic (exact) mass is 440 g/mol. The van der Waals surface area contributed by atoms with Gasteiger partial charge in [0.25, 0.3) is 5.91 Å². The minimum atomic E-state index is -0.937. The Morgan fingerprint density at radius 2 is 2.07 bits per heavy atom. The van der Waals surface area contributed by atoms with Crippen molar-refractivity contribution in [3.63, 3.8) is 0 Å². The SMILES string of the molecule is Cc1nc(-c2ccsc2)ccc1C(=O)Nc1cccc(CS(=O)C2CCOCC2)c1. The van der Waals surface area contributed by atoms with Gasteiger partial charge in [-0.1, -0.05) is 12.1 Å². The third kappa shape index (κ3) is 5.03. The lowest BCUT2D eigenvalue weighted by atomic mass is 10.1. The first kappa shape index (κ1) is 20.9. The van der Waals surface area contributed by atoms with Gasteiger partial charge in [-0.05, 0) is 61.0 Å². The Balaban J connectivity index is 1.43. The van der Waals surface area contributed by atoms with E-state index in [1.54, 1.807) is 11.3 Å². The molecule has 1 aliphatic heterocycles. The highest BCUT2D eigenvalue weighted by Crippen LogP contribution is 2.23. The Labute approximate surface area is 183 Å². The number of rotatable bonds is 6. The molecule has 0 bridgehead atoms. The fraction of sp³-hybridized carbons (Fsp3) is 0.304. The predicted molar refractivity (Wildman–Crippen MR) is 122 cm³/mol. The van der Waals surface area contributed by atoms with Gasteiger partial charge in [0.15, 0.2) is 0 Å². The third-order valence-corrected chi connectivity index (χ3v) is 7.70. The summed E-state index contributed by atoms with van der Waals surface area (Å²) in [4.78, 5) is 17.4. The van der Waals surface area contributed by atoms with Crippen molar-refractivity contribution in [2.24, 2.45) is 0 Å². The number of nitrogens with one attached hydrogen (secondary N) is 1. The number of ether oxygens (including phenoxy) is 1. The largest absolute Gasteiger partial charge is 0.381 e. The molecule has 1 unspecified atom stereocenters. The number of hydrogen-bond donors (Lipinski definition) is 1. The van der Waals surface area contributed by atoms with Gasteiger partial charge in [-0.3, -0.25) is 14.0 Å². The number of anilines is 1. The summed E-state index contributed by atoms with van der Waals surface area (Å²) in [5.74, 6) is 0.296. The normalized spacial score (nSPS) is 15.6. The topological polar surface area (TPSA) is 68.3 Å². The molecule has 1 atom stereocenters. The predicted octanol–water partition coefficient (Wildman–Crippen LogP) is 4.80. The molecule has 5 nitrogen and oxygen atoms in total. The van der Waals surface area contributed by atoms with Gasteiger partial charge < -0.3 is 10.1 Å². The van der Waals surface area contributed by atoms with E-state index in [1.165, 1.54) is 0 Å². The van der Waals surface area contributed by atoms with E-state index in [0.717, 1.165) is 29.7 Å². The van der Waals surface area contributed by atoms with Gasteiger partial charge in [-0.25, -0.2) is 0 Å². The summed E-state index contributed by atoms with van der Waals surface area (Å²) in [6, 6.07) is 13.3. The molecule has 1 N–H and O–H groups in total. The van der Waals surface area contributed by atoms with E-state index in [1.807, 2.05) is 60.1 Å². The first-order chi connectivity index (χ1) is 14.6. The Hall–Kier alpha value is -2.35. The molecule has 0 radical (unpaired) electrons. The summed E-state index contributed by atoms with van der Waals surface area (Å²) in [7, 11) is -0.937. The van der Waals surface area contributed by atoms with Crippen LogP contribution in [0.25, 0.3) is 11.3 Å². The molecule has 1 aromatic carbocycles. The van der Waals surface area contributed by atoms with Crippen molar-refractivity contribution in [3.05, 3.63) is 70.0 Å². The minimum Gasteiger partial charge on any atom is -0.381 e. The van der Waals surface area contributed by atoms with E-state index < -0.39 is 10.8 Å². The molecule has 1 saturated heterocycles. The fourth-order valence-corrected chi connectivity index (χ4v) is 5.64. The fourth-order valence-electron chi connectivity index (χ4n) is 3.53. The average Bonchev–Trinajstić information content (AvgIpc) is 3.29. The second-order valence-corrected chi connectivity index (χ2v) is 9.83. The molecule has 0 saturated carbocycles. The first-order valence-electron chi connectivity index (χ1n) is 9.95. The molecule has 156 valence electrons. The minimum absolute atomic E-state index is 0.187. The summed E-state index contributed by atoms with van der Waals surface area (Å²) in [6.07, 6.45) is 1.69. The molecule has 4 rings (SSSR count). The van der Waals surface area contributed by atoms with Crippen LogP contribution in [0, 0.1) is 6.92 Å². The number of amides is 1. The smallest absolute Gasteiger partial charge is 0.257 e. The third-order valence-electron chi connectivity index (χ3n) is 5.18. The summed E-state index contributed by atoms with van der Waals surface area (Å²) in [6.45, 7) is 3.22. The van der Waals surface area contributed by atoms with Gasteiger partial charge in [0.1, 0.15) is 0 Å². The van der Waals surface area contributed by atoms with Crippen molar-refractivity contribution in [2.45, 2.75) is 30.8 Å². The van der Waals surface area contributed by atoms with Crippen LogP contribution in [0.3, 0.4) is 0 Å². The van der Waals surface area contributed by atoms with Crippen LogP contribution in [0.2, 0.25) is 0 Å². The zero-order chi connectivity index (χ0) is 20.9. The lowest BCUT2D eigenvalue weighted by Crippen LogP contribution is -2.25. The van der Waals surface area contributed by atoms with Gasteiger partial charge >= 0.3 is 0 Å². The summed E-state index contributed by atoms with van der Waals surface area (Å²) >= 11 is 1.62. The number of hydrogen-bond acceptors (Lipinski definition) is 5. The number of thiophene rings is 1. The van der Waals surface area contributed by atoms with E-state index in [2.05, 4.69) is 10.3 Å². The van der Waals surface area contributed by atoms with Crippen LogP contribution < -0.4 is 5.32 Å². The van der Waals surface area contributed by atoms with Crippen LogP contribution in [0.1, 0.15) is 34.5 Å². The second-order valence-electron chi connectivity index (χ2n) is 7.33. The Morgan fingerprint density at radius 3 is 2.80 bits per heavy atom. The second kappa shape index (κ2) is 9.64. The van der Waals surface area contributed by atoms with Gasteiger partial charge in [-0.2, -0.15) is 11.3 Å². The van der Waals surface area contributed by atoms with Crippen molar-refractivity contribution in [1.29, 1.82) is 0 Å². The first-order valence-corrected chi connectivity index (χ1v) is 12.3. The number of carbonyl (C=O) groups is 1. The van der Waals surface area contributed by atoms with Gasteiger partial charge in [0.2, 0.25) is 0 Å². The molecule has 1 fully saturated rings. The molecule has 3 aromatic rings. The maximum atomic E-state index is 12.8. The van der Waals surface area contributed by atoms with Crippen molar-refractivity contribution < 1.29 is 13.7 Å². The van der Waals surface area contributed by atoms with Gasteiger partial charge in [0.05, 0.1) is 17.0 Å². The molecule has 0 aliphatic carbocycles. The van der Waals surface area contributed by atoms with E-state index in [9.17, 15) is 9.00 Å². The van der Waals surface area contributed by atoms with E-state index in [0.29, 0.717) is 35.9 Å². The standard InChI is InChI=1S/C23H24N2O3S2/c1-16-21(5-6-22(24-16)18-9-12-29-14-18)23(26)25-19-4-2-3-17(13-19)15-30(27)20-7-10-28-11-8-20/h2-6,9,12-14,20H,7-8,10-11,15H2,1H3,(H,25,26). The summed E-state index contributed by atoms with van der Waals surface area (Å²) in [5, 5.41) is 7.19. The molecule has 1 amide bonds. The highest BCUT2D eigenvalue weighted by molar-refractivity contribution is 7.84. The Morgan fingerprint density at radius 1 is 1.23 bits per heavy atom. The van der Waals surface area contributed by atoms with Crippen LogP contribution in [0.4, 0.5) is 5.69 Å². The van der Waals surface area contributed by atoms with E-state index in [4.69, 9.17) is 4.74 Å². The Bertz CT molecular complexity index is 1040. The van der Waals surface area contributed by atoms with Crippen molar-refractivity contribution in [3.8, 4) is 11.3 Å². The van der Waals surface area contributed by atoms with E-state index in [-0.39, 0.29) is 11.2 Å². The maximum absolute atomic E-state index is 12.8. The molecule has 3 heterocycles. The lowest BCUT2D eigenvalue weighted by Gasteiger charge is -2.21. The zero-order valence-corrected chi connectivity index (χ0v) is 18.4. The molecular weight excluding hydrogens is 416 g/mol. The van der Waals surface area contributed by atoms with E-state index >= 15 is 0 Å². The number of nitrogens with zero attached hydrogens (tertiary/aromatic N) is 1. The van der Waals surface area contributed by atoms with Crippen LogP contribution >= 0.6 is 11.3 Å². The lowest BCUT2D eigenvalue weighted by molar-refractivity contribution is 0.0991. The molecule has 0 spiro atoms.